The maximum absolute atomic E-state index is 15.2. The van der Waals surface area contributed by atoms with E-state index in [9.17, 15) is 4.21 Å². The number of nitrogen functional groups attached to an aromatic ring is 2. The molecule has 0 radical (unpaired) electrons. The Morgan fingerprint density at radius 2 is 2.03 bits per heavy atom. The normalized spacial score (nSPS) is 16.8. The molecular weight excluding hydrogens is 451 g/mol. The van der Waals surface area contributed by atoms with Crippen molar-refractivity contribution in [2.75, 3.05) is 23.0 Å². The molecule has 164 valence electrons. The monoisotopic (exact) mass is 473 g/mol. The summed E-state index contributed by atoms with van der Waals surface area (Å²) >= 11 is 6.50. The highest BCUT2D eigenvalue weighted by Gasteiger charge is 2.25. The molecule has 10 heteroatoms. The maximum Gasteiger partial charge on any atom is 0.150 e. The van der Waals surface area contributed by atoms with Gasteiger partial charge in [-0.15, -0.1) is 0 Å². The molecule has 32 heavy (non-hydrogen) atoms. The zero-order valence-corrected chi connectivity index (χ0v) is 18.3. The van der Waals surface area contributed by atoms with Gasteiger partial charge in [0.15, 0.2) is 0 Å². The first-order valence-electron chi connectivity index (χ1n) is 11.2. The summed E-state index contributed by atoms with van der Waals surface area (Å²) in [4.78, 5) is 8.22. The number of hydrogen-bond donors (Lipinski definition) is 2. The fourth-order valence-electron chi connectivity index (χ4n) is 3.79. The van der Waals surface area contributed by atoms with E-state index in [2.05, 4.69) is 14.3 Å². The first-order valence-corrected chi connectivity index (χ1v) is 11.9. The Bertz CT molecular complexity index is 1620. The summed E-state index contributed by atoms with van der Waals surface area (Å²) in [5, 5.41) is 0.431. The van der Waals surface area contributed by atoms with E-state index in [1.807, 2.05) is 0 Å². The van der Waals surface area contributed by atoms with Gasteiger partial charge in [0, 0.05) is 39.4 Å². The Labute approximate surface area is 193 Å². The van der Waals surface area contributed by atoms with Crippen LogP contribution in [0.4, 0.5) is 21.6 Å². The second-order valence-corrected chi connectivity index (χ2v) is 10.5. The fourth-order valence-corrected chi connectivity index (χ4v) is 5.54. The van der Waals surface area contributed by atoms with E-state index < -0.39 is 22.5 Å². The number of nitrogens with two attached hydrogens (primary N) is 2. The zero-order valence-electron chi connectivity index (χ0n) is 19.7. The van der Waals surface area contributed by atoms with Gasteiger partial charge < -0.3 is 16.0 Å². The molecule has 5 rings (SSSR count). The standard InChI is InChI=1S/C22H20ClFN6OS/c1-30-20(14-5-4-13(25)10-15(14)23)18(19-21(26)27-11-28-22(19)30)12-3-6-17(16(24)9-12)29-32(31)7-2-8-32/h3-6,9-11H,2,7-8,25H2,1H3,(H2,26,27,28)/i1D3. The third kappa shape index (κ3) is 3.28. The number of halogens is 2. The van der Waals surface area contributed by atoms with Crippen LogP contribution in [-0.2, 0) is 16.7 Å². The molecule has 1 aliphatic rings. The van der Waals surface area contributed by atoms with Crippen LogP contribution in [0.1, 0.15) is 10.5 Å². The first kappa shape index (κ1) is 17.4. The van der Waals surface area contributed by atoms with Gasteiger partial charge in [-0.3, -0.25) is 0 Å². The van der Waals surface area contributed by atoms with E-state index >= 15 is 4.39 Å². The molecule has 0 saturated carbocycles. The Balaban J connectivity index is 1.87. The van der Waals surface area contributed by atoms with Crippen molar-refractivity contribution in [2.45, 2.75) is 6.42 Å². The number of hydrogen-bond acceptors (Lipinski definition) is 6. The van der Waals surface area contributed by atoms with Crippen molar-refractivity contribution in [1.29, 1.82) is 0 Å². The van der Waals surface area contributed by atoms with Crippen molar-refractivity contribution in [3.63, 3.8) is 0 Å². The number of benzene rings is 2. The molecule has 0 bridgehead atoms. The lowest BCUT2D eigenvalue weighted by molar-refractivity contribution is 0.629. The number of aromatic nitrogens is 3. The molecule has 0 spiro atoms. The molecule has 7 nitrogen and oxygen atoms in total. The summed E-state index contributed by atoms with van der Waals surface area (Å²) in [6.07, 6.45) is 1.96. The van der Waals surface area contributed by atoms with Gasteiger partial charge in [0.25, 0.3) is 0 Å². The summed E-state index contributed by atoms with van der Waals surface area (Å²) in [7, 11) is -2.42. The summed E-state index contributed by atoms with van der Waals surface area (Å²) < 4.78 is 57.5. The molecule has 0 aliphatic carbocycles. The van der Waals surface area contributed by atoms with Crippen LogP contribution in [0.5, 0.6) is 0 Å². The van der Waals surface area contributed by atoms with E-state index in [0.717, 1.165) is 17.3 Å². The second-order valence-electron chi connectivity index (χ2n) is 7.55. The molecule has 0 atom stereocenters. The molecule has 3 heterocycles. The third-order valence-electron chi connectivity index (χ3n) is 5.45. The van der Waals surface area contributed by atoms with Crippen molar-refractivity contribution in [3.05, 3.63) is 53.6 Å². The largest absolute Gasteiger partial charge is 0.399 e. The minimum Gasteiger partial charge on any atom is -0.399 e. The lowest BCUT2D eigenvalue weighted by atomic mass is 9.98. The van der Waals surface area contributed by atoms with Gasteiger partial charge in [-0.05, 0) is 42.3 Å². The number of anilines is 2. The van der Waals surface area contributed by atoms with Crippen molar-refractivity contribution >= 4 is 49.6 Å². The molecule has 2 aromatic heterocycles. The van der Waals surface area contributed by atoms with E-state index in [-0.39, 0.29) is 33.3 Å². The van der Waals surface area contributed by atoms with Crippen LogP contribution in [0.3, 0.4) is 0 Å². The average molecular weight is 474 g/mol. The molecule has 1 aliphatic heterocycles. The van der Waals surface area contributed by atoms with Gasteiger partial charge >= 0.3 is 0 Å². The Morgan fingerprint density at radius 1 is 1.22 bits per heavy atom. The van der Waals surface area contributed by atoms with Crippen molar-refractivity contribution < 1.29 is 12.7 Å². The van der Waals surface area contributed by atoms with Gasteiger partial charge in [0.05, 0.1) is 25.8 Å². The first-order chi connectivity index (χ1) is 16.5. The minimum absolute atomic E-state index is 0.0192. The maximum atomic E-state index is 15.2. The van der Waals surface area contributed by atoms with Crippen LogP contribution in [0.2, 0.25) is 5.02 Å². The molecular formula is C22H20ClFN6OS. The van der Waals surface area contributed by atoms with E-state index in [1.54, 1.807) is 18.2 Å². The molecule has 2 aromatic carbocycles. The third-order valence-corrected chi connectivity index (χ3v) is 8.15. The van der Waals surface area contributed by atoms with E-state index in [0.29, 0.717) is 33.9 Å². The Hall–Kier alpha value is -3.17. The molecule has 0 amide bonds. The minimum atomic E-state index is -2.69. The van der Waals surface area contributed by atoms with Crippen LogP contribution in [-0.4, -0.2) is 30.2 Å². The van der Waals surface area contributed by atoms with Crippen LogP contribution in [0.15, 0.2) is 47.1 Å². The molecule has 1 fully saturated rings. The molecule has 4 aromatic rings. The number of aryl methyl sites for hydroxylation is 1. The number of nitrogens with zero attached hydrogens (tertiary/aromatic N) is 4. The second kappa shape index (κ2) is 7.46. The highest BCUT2D eigenvalue weighted by molar-refractivity contribution is 7.95. The molecule has 1 saturated heterocycles. The highest BCUT2D eigenvalue weighted by Crippen LogP contribution is 2.44. The summed E-state index contributed by atoms with van der Waals surface area (Å²) in [5.41, 5.74) is 13.6. The Kier molecular flexibility index (Phi) is 4.05. The number of rotatable bonds is 3. The van der Waals surface area contributed by atoms with Crippen LogP contribution in [0.25, 0.3) is 33.4 Å². The smallest absolute Gasteiger partial charge is 0.150 e. The summed E-state index contributed by atoms with van der Waals surface area (Å²) in [5.74, 6) is 0.200. The number of fused-ring (bicyclic) bond motifs is 1. The predicted molar refractivity (Wildman–Crippen MR) is 128 cm³/mol. The van der Waals surface area contributed by atoms with Gasteiger partial charge in [-0.25, -0.2) is 18.6 Å². The lowest BCUT2D eigenvalue weighted by Crippen LogP contribution is -2.23. The predicted octanol–water partition coefficient (Wildman–Crippen LogP) is 4.76. The zero-order chi connectivity index (χ0) is 25.1. The highest BCUT2D eigenvalue weighted by atomic mass is 35.5. The average Bonchev–Trinajstić information content (AvgIpc) is 3.10. The molecule has 4 N–H and O–H groups in total. The summed E-state index contributed by atoms with van der Waals surface area (Å²) in [6.45, 7) is -2.69. The van der Waals surface area contributed by atoms with Crippen LogP contribution >= 0.6 is 11.6 Å². The lowest BCUT2D eigenvalue weighted by Gasteiger charge is -2.18. The topological polar surface area (TPSA) is 112 Å². The van der Waals surface area contributed by atoms with Crippen molar-refractivity contribution in [2.24, 2.45) is 11.3 Å². The Morgan fingerprint density at radius 3 is 2.69 bits per heavy atom. The van der Waals surface area contributed by atoms with Crippen molar-refractivity contribution in [1.82, 2.24) is 14.5 Å². The van der Waals surface area contributed by atoms with Gasteiger partial charge in [0.2, 0.25) is 0 Å². The fraction of sp³-hybridized carbons (Fsp3) is 0.182. The van der Waals surface area contributed by atoms with Gasteiger partial charge in [0.1, 0.15) is 29.3 Å². The van der Waals surface area contributed by atoms with E-state index in [1.165, 1.54) is 18.2 Å². The van der Waals surface area contributed by atoms with Crippen LogP contribution < -0.4 is 11.5 Å². The van der Waals surface area contributed by atoms with Crippen LogP contribution in [0, 0.1) is 5.82 Å². The van der Waals surface area contributed by atoms with Gasteiger partial charge in [-0.1, -0.05) is 17.7 Å². The van der Waals surface area contributed by atoms with E-state index in [4.69, 9.17) is 27.2 Å². The molecule has 0 unspecified atom stereocenters. The SMILES string of the molecule is [2H]C([2H])([2H])n1c(-c2ccc(N)cc2Cl)c(-c2ccc(N=S3(=O)CCC3)c(F)c2)c2c(N)ncnc21. The van der Waals surface area contributed by atoms with Gasteiger partial charge in [-0.2, -0.15) is 4.36 Å². The quantitative estimate of drug-likeness (QED) is 0.416. The van der Waals surface area contributed by atoms with Crippen molar-refractivity contribution in [3.8, 4) is 22.4 Å². The summed E-state index contributed by atoms with van der Waals surface area (Å²) in [6, 6.07) is 8.86.